The predicted octanol–water partition coefficient (Wildman–Crippen LogP) is 3.58. The van der Waals surface area contributed by atoms with Gasteiger partial charge in [0.05, 0.1) is 11.8 Å². The van der Waals surface area contributed by atoms with Crippen LogP contribution in [0.4, 0.5) is 5.13 Å². The number of carbonyl (C=O) groups excluding carboxylic acids is 1. The van der Waals surface area contributed by atoms with Crippen molar-refractivity contribution in [3.63, 3.8) is 0 Å². The molecule has 0 saturated heterocycles. The topological polar surface area (TPSA) is 66.9 Å². The number of aromatic nitrogens is 2. The molecule has 1 amide bonds. The number of anilines is 1. The molecule has 0 aliphatic heterocycles. The van der Waals surface area contributed by atoms with Crippen LogP contribution in [0.15, 0.2) is 65.0 Å². The van der Waals surface area contributed by atoms with Crippen molar-refractivity contribution in [3.05, 3.63) is 71.8 Å². The summed E-state index contributed by atoms with van der Waals surface area (Å²) in [6, 6.07) is 19.8. The van der Waals surface area contributed by atoms with Crippen LogP contribution in [0.5, 0.6) is 0 Å². The van der Waals surface area contributed by atoms with Crippen molar-refractivity contribution in [2.45, 2.75) is 10.4 Å². The van der Waals surface area contributed by atoms with E-state index < -0.39 is 0 Å². The molecule has 0 atom stereocenters. The summed E-state index contributed by atoms with van der Waals surface area (Å²) in [4.78, 5) is 12.5. The van der Waals surface area contributed by atoms with Crippen molar-refractivity contribution in [2.75, 3.05) is 18.1 Å². The van der Waals surface area contributed by atoms with E-state index in [0.29, 0.717) is 5.75 Å². The summed E-state index contributed by atoms with van der Waals surface area (Å²) in [6.45, 7) is 0. The molecule has 0 saturated carbocycles. The lowest BCUT2D eigenvalue weighted by Crippen LogP contribution is -2.30. The quantitative estimate of drug-likeness (QED) is 0.622. The second kappa shape index (κ2) is 8.64. The maximum atomic E-state index is 12.5. The lowest BCUT2D eigenvalue weighted by molar-refractivity contribution is -0.119. The molecular formula is C18H18N4OS2. The van der Waals surface area contributed by atoms with Gasteiger partial charge in [-0.05, 0) is 11.1 Å². The summed E-state index contributed by atoms with van der Waals surface area (Å²) in [6.07, 6.45) is 0. The van der Waals surface area contributed by atoms with Crippen LogP contribution < -0.4 is 10.6 Å². The second-order valence-electron chi connectivity index (χ2n) is 5.23. The highest BCUT2D eigenvalue weighted by Gasteiger charge is 2.17. The maximum absolute atomic E-state index is 12.5. The summed E-state index contributed by atoms with van der Waals surface area (Å²) < 4.78 is 0.774. The normalized spacial score (nSPS) is 10.6. The lowest BCUT2D eigenvalue weighted by atomic mass is 9.99. The van der Waals surface area contributed by atoms with Crippen molar-refractivity contribution in [1.82, 2.24) is 15.5 Å². The van der Waals surface area contributed by atoms with Gasteiger partial charge < -0.3 is 10.6 Å². The Morgan fingerprint density at radius 1 is 1.04 bits per heavy atom. The van der Waals surface area contributed by atoms with Gasteiger partial charge in [-0.2, -0.15) is 0 Å². The summed E-state index contributed by atoms with van der Waals surface area (Å²) in [5.41, 5.74) is 2.11. The van der Waals surface area contributed by atoms with Crippen LogP contribution in [0.2, 0.25) is 0 Å². The van der Waals surface area contributed by atoms with Crippen LogP contribution in [-0.4, -0.2) is 28.9 Å². The van der Waals surface area contributed by atoms with Crippen LogP contribution in [0.3, 0.4) is 0 Å². The molecule has 2 aromatic carbocycles. The lowest BCUT2D eigenvalue weighted by Gasteiger charge is -2.19. The molecule has 0 aliphatic rings. The van der Waals surface area contributed by atoms with Gasteiger partial charge in [0.2, 0.25) is 11.0 Å². The standard InChI is InChI=1S/C18H18N4OS2/c1-19-17-21-22-18(25-17)24-12-15(23)20-16(13-8-4-2-5-9-13)14-10-6-3-7-11-14/h2-11,16H,12H2,1H3,(H,19,21)(H,20,23). The molecular weight excluding hydrogens is 352 g/mol. The average Bonchev–Trinajstić information content (AvgIpc) is 3.14. The van der Waals surface area contributed by atoms with E-state index in [1.54, 1.807) is 7.05 Å². The van der Waals surface area contributed by atoms with Gasteiger partial charge in [0.15, 0.2) is 4.34 Å². The molecule has 3 rings (SSSR count). The minimum Gasteiger partial charge on any atom is -0.363 e. The Hall–Kier alpha value is -2.38. The van der Waals surface area contributed by atoms with Crippen LogP contribution in [-0.2, 0) is 4.79 Å². The van der Waals surface area contributed by atoms with Crippen molar-refractivity contribution in [3.8, 4) is 0 Å². The van der Waals surface area contributed by atoms with Crippen molar-refractivity contribution >= 4 is 34.1 Å². The Bertz CT molecular complexity index is 769. The molecule has 2 N–H and O–H groups in total. The Kier molecular flexibility index (Phi) is 6.03. The van der Waals surface area contributed by atoms with E-state index in [2.05, 4.69) is 20.8 Å². The summed E-state index contributed by atoms with van der Waals surface area (Å²) >= 11 is 2.83. The van der Waals surface area contributed by atoms with E-state index in [0.717, 1.165) is 20.6 Å². The highest BCUT2D eigenvalue weighted by Crippen LogP contribution is 2.26. The number of rotatable bonds is 7. The average molecular weight is 371 g/mol. The number of benzene rings is 2. The molecule has 3 aromatic rings. The summed E-state index contributed by atoms with van der Waals surface area (Å²) in [7, 11) is 1.80. The molecule has 1 heterocycles. The predicted molar refractivity (Wildman–Crippen MR) is 103 cm³/mol. The zero-order valence-corrected chi connectivity index (χ0v) is 15.3. The fraction of sp³-hybridized carbons (Fsp3) is 0.167. The van der Waals surface area contributed by atoms with Crippen LogP contribution in [0.25, 0.3) is 0 Å². The summed E-state index contributed by atoms with van der Waals surface area (Å²) in [5, 5.41) is 14.8. The minimum absolute atomic E-state index is 0.0380. The molecule has 5 nitrogen and oxygen atoms in total. The van der Waals surface area contributed by atoms with Gasteiger partial charge in [-0.1, -0.05) is 83.8 Å². The minimum atomic E-state index is -0.169. The monoisotopic (exact) mass is 370 g/mol. The van der Waals surface area contributed by atoms with Gasteiger partial charge in [-0.3, -0.25) is 4.79 Å². The van der Waals surface area contributed by atoms with Crippen LogP contribution in [0, 0.1) is 0 Å². The number of nitrogens with zero attached hydrogens (tertiary/aromatic N) is 2. The number of nitrogens with one attached hydrogen (secondary N) is 2. The second-order valence-corrected chi connectivity index (χ2v) is 7.43. The fourth-order valence-corrected chi connectivity index (χ4v) is 3.87. The third kappa shape index (κ3) is 4.80. The number of carbonyl (C=O) groups is 1. The highest BCUT2D eigenvalue weighted by atomic mass is 32.2. The van der Waals surface area contributed by atoms with E-state index in [1.807, 2.05) is 60.7 Å². The third-order valence-electron chi connectivity index (χ3n) is 3.52. The highest BCUT2D eigenvalue weighted by molar-refractivity contribution is 8.01. The first-order valence-corrected chi connectivity index (χ1v) is 9.60. The van der Waals surface area contributed by atoms with Gasteiger partial charge >= 0.3 is 0 Å². The first-order chi connectivity index (χ1) is 12.3. The number of amides is 1. The molecule has 0 fully saturated rings. The number of thioether (sulfide) groups is 1. The maximum Gasteiger partial charge on any atom is 0.231 e. The van der Waals surface area contributed by atoms with E-state index in [-0.39, 0.29) is 11.9 Å². The van der Waals surface area contributed by atoms with Gasteiger partial charge in [0, 0.05) is 7.05 Å². The van der Waals surface area contributed by atoms with E-state index in [4.69, 9.17) is 0 Å². The largest absolute Gasteiger partial charge is 0.363 e. The molecule has 0 bridgehead atoms. The number of hydrogen-bond acceptors (Lipinski definition) is 6. The first kappa shape index (κ1) is 17.4. The molecule has 1 aromatic heterocycles. The van der Waals surface area contributed by atoms with Crippen molar-refractivity contribution < 1.29 is 4.79 Å². The van der Waals surface area contributed by atoms with E-state index in [1.165, 1.54) is 23.1 Å². The summed E-state index contributed by atoms with van der Waals surface area (Å²) in [5.74, 6) is 0.262. The molecule has 0 unspecified atom stereocenters. The molecule has 7 heteroatoms. The van der Waals surface area contributed by atoms with E-state index >= 15 is 0 Å². The van der Waals surface area contributed by atoms with Gasteiger partial charge in [-0.25, -0.2) is 0 Å². The zero-order chi connectivity index (χ0) is 17.5. The van der Waals surface area contributed by atoms with Crippen LogP contribution >= 0.6 is 23.1 Å². The van der Waals surface area contributed by atoms with Gasteiger partial charge in [0.1, 0.15) is 0 Å². The van der Waals surface area contributed by atoms with Crippen molar-refractivity contribution in [1.29, 1.82) is 0 Å². The van der Waals surface area contributed by atoms with Gasteiger partial charge in [-0.15, -0.1) is 10.2 Å². The molecule has 0 radical (unpaired) electrons. The molecule has 128 valence electrons. The Balaban J connectivity index is 1.68. The fourth-order valence-electron chi connectivity index (χ4n) is 2.35. The molecule has 25 heavy (non-hydrogen) atoms. The smallest absolute Gasteiger partial charge is 0.231 e. The third-order valence-corrected chi connectivity index (χ3v) is 5.59. The zero-order valence-electron chi connectivity index (χ0n) is 13.7. The number of hydrogen-bond donors (Lipinski definition) is 2. The Morgan fingerprint density at radius 3 is 2.16 bits per heavy atom. The van der Waals surface area contributed by atoms with Gasteiger partial charge in [0.25, 0.3) is 0 Å². The Labute approximate surface area is 154 Å². The Morgan fingerprint density at radius 2 is 1.64 bits per heavy atom. The molecule has 0 aliphatic carbocycles. The first-order valence-electron chi connectivity index (χ1n) is 7.79. The van der Waals surface area contributed by atoms with E-state index in [9.17, 15) is 4.79 Å². The van der Waals surface area contributed by atoms with Crippen molar-refractivity contribution in [2.24, 2.45) is 0 Å². The SMILES string of the molecule is CNc1nnc(SCC(=O)NC(c2ccccc2)c2ccccc2)s1. The molecule has 0 spiro atoms. The van der Waals surface area contributed by atoms with Crippen LogP contribution in [0.1, 0.15) is 17.2 Å².